The van der Waals surface area contributed by atoms with E-state index in [9.17, 15) is 9.59 Å². The van der Waals surface area contributed by atoms with Gasteiger partial charge in [-0.05, 0) is 43.6 Å². The minimum atomic E-state index is -0.489. The van der Waals surface area contributed by atoms with E-state index in [1.807, 2.05) is 4.90 Å². The summed E-state index contributed by atoms with van der Waals surface area (Å²) in [4.78, 5) is 30.9. The Morgan fingerprint density at radius 1 is 1.20 bits per heavy atom. The first-order chi connectivity index (χ1) is 12.2. The number of carbonyl (C=O) groups is 2. The molecule has 1 atom stereocenters. The second kappa shape index (κ2) is 7.08. The molecule has 0 radical (unpaired) electrons. The minimum absolute atomic E-state index is 0.144. The summed E-state index contributed by atoms with van der Waals surface area (Å²) < 4.78 is 5.66. The van der Waals surface area contributed by atoms with Gasteiger partial charge in [-0.15, -0.1) is 11.3 Å². The van der Waals surface area contributed by atoms with Gasteiger partial charge in [0.15, 0.2) is 0 Å². The van der Waals surface area contributed by atoms with Crippen molar-refractivity contribution in [3.05, 3.63) is 22.4 Å². The molecule has 3 fully saturated rings. The van der Waals surface area contributed by atoms with Crippen LogP contribution in [-0.2, 0) is 20.9 Å². The summed E-state index contributed by atoms with van der Waals surface area (Å²) in [6.45, 7) is 4.44. The molecule has 1 saturated carbocycles. The van der Waals surface area contributed by atoms with Crippen molar-refractivity contribution in [3.63, 3.8) is 0 Å². The topological polar surface area (TPSA) is 49.9 Å². The van der Waals surface area contributed by atoms with Gasteiger partial charge in [0.1, 0.15) is 5.60 Å². The zero-order chi connectivity index (χ0) is 17.3. The molecule has 0 unspecified atom stereocenters. The Morgan fingerprint density at radius 3 is 2.80 bits per heavy atom. The van der Waals surface area contributed by atoms with E-state index in [4.69, 9.17) is 4.74 Å². The standard InChI is InChI=1S/C19H26N2O3S/c22-17-13-16(19(24-17)6-1-2-7-19)18(23)21-9-4-8-20(10-11-21)14-15-5-3-12-25-15/h3,5,12,16H,1-2,4,6-11,13-14H2/t16-/m0/s1. The average molecular weight is 362 g/mol. The van der Waals surface area contributed by atoms with Gasteiger partial charge in [0.25, 0.3) is 0 Å². The number of hydrogen-bond acceptors (Lipinski definition) is 5. The van der Waals surface area contributed by atoms with Crippen molar-refractivity contribution in [3.8, 4) is 0 Å². The Balaban J connectivity index is 1.40. The molecule has 1 spiro atoms. The van der Waals surface area contributed by atoms with Crippen LogP contribution >= 0.6 is 11.3 Å². The maximum absolute atomic E-state index is 13.2. The van der Waals surface area contributed by atoms with E-state index in [0.29, 0.717) is 0 Å². The molecular formula is C19H26N2O3S. The maximum atomic E-state index is 13.2. The first kappa shape index (κ1) is 17.0. The number of nitrogens with zero attached hydrogens (tertiary/aromatic N) is 2. The van der Waals surface area contributed by atoms with Gasteiger partial charge in [-0.3, -0.25) is 14.5 Å². The van der Waals surface area contributed by atoms with Crippen LogP contribution in [0.15, 0.2) is 17.5 Å². The fourth-order valence-corrected chi connectivity index (χ4v) is 5.37. The van der Waals surface area contributed by atoms with E-state index in [0.717, 1.165) is 64.8 Å². The smallest absolute Gasteiger partial charge is 0.307 e. The van der Waals surface area contributed by atoms with Crippen LogP contribution in [0.3, 0.4) is 0 Å². The quantitative estimate of drug-likeness (QED) is 0.776. The van der Waals surface area contributed by atoms with Crippen molar-refractivity contribution in [2.24, 2.45) is 5.92 Å². The van der Waals surface area contributed by atoms with Crippen LogP contribution in [-0.4, -0.2) is 53.5 Å². The molecule has 1 aliphatic carbocycles. The van der Waals surface area contributed by atoms with Crippen molar-refractivity contribution < 1.29 is 14.3 Å². The molecule has 0 bridgehead atoms. The number of carbonyl (C=O) groups excluding carboxylic acids is 2. The van der Waals surface area contributed by atoms with Crippen LogP contribution in [0, 0.1) is 5.92 Å². The van der Waals surface area contributed by atoms with Crippen molar-refractivity contribution in [2.75, 3.05) is 26.2 Å². The van der Waals surface area contributed by atoms with Gasteiger partial charge in [-0.25, -0.2) is 0 Å². The largest absolute Gasteiger partial charge is 0.458 e. The number of ether oxygens (including phenoxy) is 1. The molecule has 1 aromatic rings. The van der Waals surface area contributed by atoms with Crippen molar-refractivity contribution in [2.45, 2.75) is 50.7 Å². The molecule has 1 aromatic heterocycles. The SMILES string of the molecule is O=C1C[C@@H](C(=O)N2CCCN(Cc3cccs3)CC2)C2(CCCC2)O1. The van der Waals surface area contributed by atoms with Gasteiger partial charge in [-0.1, -0.05) is 6.07 Å². The molecule has 5 nitrogen and oxygen atoms in total. The molecule has 1 amide bonds. The summed E-state index contributed by atoms with van der Waals surface area (Å²) in [7, 11) is 0. The predicted molar refractivity (Wildman–Crippen MR) is 96.2 cm³/mol. The number of amides is 1. The highest BCUT2D eigenvalue weighted by Crippen LogP contribution is 2.46. The molecule has 2 saturated heterocycles. The lowest BCUT2D eigenvalue weighted by Gasteiger charge is -2.32. The Hall–Kier alpha value is -1.40. The second-order valence-corrected chi connectivity index (χ2v) is 8.57. The van der Waals surface area contributed by atoms with Gasteiger partial charge in [0, 0.05) is 37.6 Å². The third kappa shape index (κ3) is 3.47. The summed E-state index contributed by atoms with van der Waals surface area (Å²) in [6.07, 6.45) is 5.10. The van der Waals surface area contributed by atoms with Crippen LogP contribution in [0.4, 0.5) is 0 Å². The minimum Gasteiger partial charge on any atom is -0.458 e. The second-order valence-electron chi connectivity index (χ2n) is 7.54. The summed E-state index contributed by atoms with van der Waals surface area (Å²) in [6, 6.07) is 4.26. The van der Waals surface area contributed by atoms with Gasteiger partial charge < -0.3 is 9.64 Å². The highest BCUT2D eigenvalue weighted by atomic mass is 32.1. The molecule has 2 aliphatic heterocycles. The van der Waals surface area contributed by atoms with Crippen LogP contribution in [0.1, 0.15) is 43.4 Å². The van der Waals surface area contributed by atoms with Gasteiger partial charge in [0.2, 0.25) is 5.91 Å². The Bertz CT molecular complexity index is 625. The molecule has 136 valence electrons. The first-order valence-electron chi connectivity index (χ1n) is 9.42. The van der Waals surface area contributed by atoms with Gasteiger partial charge in [-0.2, -0.15) is 0 Å². The zero-order valence-corrected chi connectivity index (χ0v) is 15.4. The van der Waals surface area contributed by atoms with Crippen LogP contribution < -0.4 is 0 Å². The molecule has 4 rings (SSSR count). The van der Waals surface area contributed by atoms with Crippen LogP contribution in [0.5, 0.6) is 0 Å². The van der Waals surface area contributed by atoms with Gasteiger partial charge >= 0.3 is 5.97 Å². The lowest BCUT2D eigenvalue weighted by Crippen LogP contribution is -2.46. The molecule has 25 heavy (non-hydrogen) atoms. The number of thiophene rings is 1. The number of esters is 1. The highest BCUT2D eigenvalue weighted by Gasteiger charge is 2.54. The van der Waals surface area contributed by atoms with E-state index in [-0.39, 0.29) is 24.2 Å². The van der Waals surface area contributed by atoms with E-state index < -0.39 is 5.60 Å². The highest BCUT2D eigenvalue weighted by molar-refractivity contribution is 7.09. The summed E-state index contributed by atoms with van der Waals surface area (Å²) in [5, 5.41) is 2.11. The van der Waals surface area contributed by atoms with E-state index in [2.05, 4.69) is 22.4 Å². The summed E-state index contributed by atoms with van der Waals surface area (Å²) in [5.41, 5.74) is -0.489. The summed E-state index contributed by atoms with van der Waals surface area (Å²) in [5.74, 6) is -0.300. The Kier molecular flexibility index (Phi) is 4.82. The van der Waals surface area contributed by atoms with E-state index in [1.54, 1.807) is 11.3 Å². The fraction of sp³-hybridized carbons (Fsp3) is 0.684. The molecular weight excluding hydrogens is 336 g/mol. The number of hydrogen-bond donors (Lipinski definition) is 0. The lowest BCUT2D eigenvalue weighted by atomic mass is 9.84. The van der Waals surface area contributed by atoms with E-state index >= 15 is 0 Å². The third-order valence-electron chi connectivity index (χ3n) is 5.93. The lowest BCUT2D eigenvalue weighted by molar-refractivity contribution is -0.151. The fourth-order valence-electron chi connectivity index (χ4n) is 4.62. The van der Waals surface area contributed by atoms with Crippen molar-refractivity contribution >= 4 is 23.2 Å². The molecule has 6 heteroatoms. The third-order valence-corrected chi connectivity index (χ3v) is 6.79. The Morgan fingerprint density at radius 2 is 2.04 bits per heavy atom. The van der Waals surface area contributed by atoms with E-state index in [1.165, 1.54) is 4.88 Å². The average Bonchev–Trinajstić information content (AvgIpc) is 3.29. The molecule has 0 N–H and O–H groups in total. The van der Waals surface area contributed by atoms with Gasteiger partial charge in [0.05, 0.1) is 12.3 Å². The Labute approximate surface area is 152 Å². The predicted octanol–water partition coefficient (Wildman–Crippen LogP) is 2.66. The van der Waals surface area contributed by atoms with Crippen molar-refractivity contribution in [1.29, 1.82) is 0 Å². The normalized spacial score (nSPS) is 26.8. The first-order valence-corrected chi connectivity index (χ1v) is 10.3. The molecule has 3 heterocycles. The monoisotopic (exact) mass is 362 g/mol. The molecule has 0 aromatic carbocycles. The van der Waals surface area contributed by atoms with Crippen LogP contribution in [0.25, 0.3) is 0 Å². The summed E-state index contributed by atoms with van der Waals surface area (Å²) >= 11 is 1.79. The number of rotatable bonds is 3. The zero-order valence-electron chi connectivity index (χ0n) is 14.6. The van der Waals surface area contributed by atoms with Crippen LogP contribution in [0.2, 0.25) is 0 Å². The molecule has 3 aliphatic rings. The van der Waals surface area contributed by atoms with Crippen molar-refractivity contribution in [1.82, 2.24) is 9.80 Å². The maximum Gasteiger partial charge on any atom is 0.307 e.